The molecular weight excluding hydrogens is 242 g/mol. The highest BCUT2D eigenvalue weighted by molar-refractivity contribution is 5.89. The molecule has 0 fully saturated rings. The molecule has 0 atom stereocenters. The fourth-order valence-corrected chi connectivity index (χ4v) is 1.69. The second-order valence-corrected chi connectivity index (χ2v) is 4.15. The van der Waals surface area contributed by atoms with Gasteiger partial charge in [0.25, 0.3) is 0 Å². The summed E-state index contributed by atoms with van der Waals surface area (Å²) < 4.78 is 6.81. The molecule has 0 aliphatic rings. The van der Waals surface area contributed by atoms with Crippen molar-refractivity contribution in [2.24, 2.45) is 7.05 Å². The number of rotatable bonds is 3. The van der Waals surface area contributed by atoms with Crippen LogP contribution >= 0.6 is 0 Å². The second kappa shape index (κ2) is 5.27. The minimum atomic E-state index is -0.427. The Morgan fingerprint density at radius 2 is 2.11 bits per heavy atom. The zero-order valence-corrected chi connectivity index (χ0v) is 10.5. The summed E-state index contributed by atoms with van der Waals surface area (Å²) in [6.45, 7) is 0.162. The Hall–Kier alpha value is -2.74. The van der Waals surface area contributed by atoms with E-state index in [1.807, 2.05) is 6.07 Å². The SMILES string of the molecule is Cn1cc(N)cc1C(=O)OCc1ccc(C#N)cc1. The smallest absolute Gasteiger partial charge is 0.355 e. The van der Waals surface area contributed by atoms with Crippen LogP contribution in [-0.2, 0) is 18.4 Å². The summed E-state index contributed by atoms with van der Waals surface area (Å²) in [6, 6.07) is 10.5. The van der Waals surface area contributed by atoms with E-state index in [-0.39, 0.29) is 6.61 Å². The van der Waals surface area contributed by atoms with Gasteiger partial charge in [0.05, 0.1) is 17.3 Å². The molecule has 0 spiro atoms. The molecule has 0 radical (unpaired) electrons. The average Bonchev–Trinajstić information content (AvgIpc) is 2.75. The van der Waals surface area contributed by atoms with Crippen molar-refractivity contribution in [1.82, 2.24) is 4.57 Å². The van der Waals surface area contributed by atoms with Gasteiger partial charge in [0.1, 0.15) is 12.3 Å². The number of nitrogens with two attached hydrogens (primary N) is 1. The van der Waals surface area contributed by atoms with Crippen LogP contribution in [0.15, 0.2) is 36.5 Å². The molecule has 0 saturated heterocycles. The summed E-state index contributed by atoms with van der Waals surface area (Å²) in [4.78, 5) is 11.8. The molecular formula is C14H13N3O2. The zero-order chi connectivity index (χ0) is 13.8. The van der Waals surface area contributed by atoms with Crippen LogP contribution in [0.4, 0.5) is 5.69 Å². The van der Waals surface area contributed by atoms with Crippen molar-refractivity contribution in [1.29, 1.82) is 5.26 Å². The van der Waals surface area contributed by atoms with Gasteiger partial charge < -0.3 is 15.0 Å². The lowest BCUT2D eigenvalue weighted by Gasteiger charge is -2.05. The number of nitriles is 1. The van der Waals surface area contributed by atoms with Gasteiger partial charge >= 0.3 is 5.97 Å². The fourth-order valence-electron chi connectivity index (χ4n) is 1.69. The lowest BCUT2D eigenvalue weighted by molar-refractivity contribution is 0.0461. The predicted molar refractivity (Wildman–Crippen MR) is 70.1 cm³/mol. The van der Waals surface area contributed by atoms with Crippen molar-refractivity contribution in [3.63, 3.8) is 0 Å². The monoisotopic (exact) mass is 255 g/mol. The summed E-state index contributed by atoms with van der Waals surface area (Å²) in [6.07, 6.45) is 1.65. The Kier molecular flexibility index (Phi) is 3.53. The number of aromatic nitrogens is 1. The minimum Gasteiger partial charge on any atom is -0.456 e. The number of nitrogen functional groups attached to an aromatic ring is 1. The van der Waals surface area contributed by atoms with Crippen LogP contribution in [0.3, 0.4) is 0 Å². The van der Waals surface area contributed by atoms with Crippen LogP contribution in [0.2, 0.25) is 0 Å². The van der Waals surface area contributed by atoms with Crippen molar-refractivity contribution in [2.75, 3.05) is 5.73 Å². The first kappa shape index (κ1) is 12.7. The zero-order valence-electron chi connectivity index (χ0n) is 10.5. The summed E-state index contributed by atoms with van der Waals surface area (Å²) in [5.74, 6) is -0.427. The quantitative estimate of drug-likeness (QED) is 0.848. The minimum absolute atomic E-state index is 0.162. The topological polar surface area (TPSA) is 81.0 Å². The van der Waals surface area contributed by atoms with Gasteiger partial charge in [-0.15, -0.1) is 0 Å². The number of carbonyl (C=O) groups is 1. The highest BCUT2D eigenvalue weighted by Crippen LogP contribution is 2.11. The molecule has 2 aromatic rings. The van der Waals surface area contributed by atoms with E-state index in [1.54, 1.807) is 48.1 Å². The maximum absolute atomic E-state index is 11.8. The molecule has 0 aliphatic heterocycles. The molecule has 19 heavy (non-hydrogen) atoms. The van der Waals surface area contributed by atoms with Gasteiger partial charge in [-0.05, 0) is 23.8 Å². The normalized spacial score (nSPS) is 9.89. The summed E-state index contributed by atoms with van der Waals surface area (Å²) in [7, 11) is 1.73. The van der Waals surface area contributed by atoms with E-state index in [0.717, 1.165) is 5.56 Å². The molecule has 1 heterocycles. The molecule has 0 amide bonds. The highest BCUT2D eigenvalue weighted by atomic mass is 16.5. The van der Waals surface area contributed by atoms with Crippen LogP contribution in [0, 0.1) is 11.3 Å². The van der Waals surface area contributed by atoms with Gasteiger partial charge in [0, 0.05) is 13.2 Å². The first-order valence-corrected chi connectivity index (χ1v) is 5.68. The third-order valence-electron chi connectivity index (χ3n) is 2.69. The largest absolute Gasteiger partial charge is 0.456 e. The second-order valence-electron chi connectivity index (χ2n) is 4.15. The molecule has 96 valence electrons. The van der Waals surface area contributed by atoms with Crippen LogP contribution < -0.4 is 5.73 Å². The Labute approximate surface area is 110 Å². The maximum atomic E-state index is 11.8. The molecule has 1 aromatic carbocycles. The average molecular weight is 255 g/mol. The summed E-state index contributed by atoms with van der Waals surface area (Å²) >= 11 is 0. The van der Waals surface area contributed by atoms with Crippen LogP contribution in [-0.4, -0.2) is 10.5 Å². The van der Waals surface area contributed by atoms with Crippen molar-refractivity contribution in [2.45, 2.75) is 6.61 Å². The Morgan fingerprint density at radius 1 is 1.42 bits per heavy atom. The number of nitrogens with zero attached hydrogens (tertiary/aromatic N) is 2. The number of carbonyl (C=O) groups excluding carboxylic acids is 1. The fraction of sp³-hybridized carbons (Fsp3) is 0.143. The molecule has 0 bridgehead atoms. The van der Waals surface area contributed by atoms with Gasteiger partial charge in [0.15, 0.2) is 0 Å². The number of benzene rings is 1. The Morgan fingerprint density at radius 3 is 2.63 bits per heavy atom. The lowest BCUT2D eigenvalue weighted by atomic mass is 10.2. The van der Waals surface area contributed by atoms with Crippen molar-refractivity contribution in [3.8, 4) is 6.07 Å². The van der Waals surface area contributed by atoms with E-state index in [0.29, 0.717) is 16.9 Å². The van der Waals surface area contributed by atoms with E-state index < -0.39 is 5.97 Å². The van der Waals surface area contributed by atoms with E-state index in [1.165, 1.54) is 0 Å². The molecule has 0 unspecified atom stereocenters. The standard InChI is InChI=1S/C14H13N3O2/c1-17-8-12(16)6-13(17)14(18)19-9-11-4-2-10(7-15)3-5-11/h2-6,8H,9,16H2,1H3. The number of esters is 1. The molecule has 2 rings (SSSR count). The highest BCUT2D eigenvalue weighted by Gasteiger charge is 2.12. The van der Waals surface area contributed by atoms with Crippen molar-refractivity contribution >= 4 is 11.7 Å². The molecule has 5 heteroatoms. The number of hydrogen-bond acceptors (Lipinski definition) is 4. The van der Waals surface area contributed by atoms with Gasteiger partial charge in [-0.2, -0.15) is 5.26 Å². The van der Waals surface area contributed by atoms with Gasteiger partial charge in [-0.25, -0.2) is 4.79 Å². The van der Waals surface area contributed by atoms with Crippen LogP contribution in [0.1, 0.15) is 21.6 Å². The first-order valence-electron chi connectivity index (χ1n) is 5.68. The molecule has 1 aromatic heterocycles. The molecule has 2 N–H and O–H groups in total. The van der Waals surface area contributed by atoms with Gasteiger partial charge in [-0.1, -0.05) is 12.1 Å². The molecule has 5 nitrogen and oxygen atoms in total. The van der Waals surface area contributed by atoms with Crippen molar-refractivity contribution in [3.05, 3.63) is 53.3 Å². The molecule has 0 saturated carbocycles. The van der Waals surface area contributed by atoms with E-state index in [4.69, 9.17) is 15.7 Å². The predicted octanol–water partition coefficient (Wildman–Crippen LogP) is 1.84. The number of ether oxygens (including phenoxy) is 1. The third-order valence-corrected chi connectivity index (χ3v) is 2.69. The van der Waals surface area contributed by atoms with Gasteiger partial charge in [-0.3, -0.25) is 0 Å². The number of anilines is 1. The summed E-state index contributed by atoms with van der Waals surface area (Å²) in [5.41, 5.74) is 7.93. The number of aryl methyl sites for hydroxylation is 1. The third kappa shape index (κ3) is 2.93. The van der Waals surface area contributed by atoms with Crippen LogP contribution in [0.5, 0.6) is 0 Å². The number of hydrogen-bond donors (Lipinski definition) is 1. The van der Waals surface area contributed by atoms with E-state index in [9.17, 15) is 4.79 Å². The van der Waals surface area contributed by atoms with Crippen LogP contribution in [0.25, 0.3) is 0 Å². The Balaban J connectivity index is 2.00. The molecule has 0 aliphatic carbocycles. The first-order chi connectivity index (χ1) is 9.10. The Bertz CT molecular complexity index is 636. The lowest BCUT2D eigenvalue weighted by Crippen LogP contribution is -2.09. The van der Waals surface area contributed by atoms with E-state index >= 15 is 0 Å². The van der Waals surface area contributed by atoms with Gasteiger partial charge in [0.2, 0.25) is 0 Å². The van der Waals surface area contributed by atoms with E-state index in [2.05, 4.69) is 0 Å². The summed E-state index contributed by atoms with van der Waals surface area (Å²) in [5, 5.41) is 8.68. The van der Waals surface area contributed by atoms with Crippen molar-refractivity contribution < 1.29 is 9.53 Å². The maximum Gasteiger partial charge on any atom is 0.355 e.